The summed E-state index contributed by atoms with van der Waals surface area (Å²) < 4.78 is 17.7. The fourth-order valence-corrected chi connectivity index (χ4v) is 10.2. The van der Waals surface area contributed by atoms with Crippen molar-refractivity contribution >= 4 is 11.9 Å². The van der Waals surface area contributed by atoms with Crippen LogP contribution in [0.3, 0.4) is 0 Å². The number of aliphatic hydroxyl groups is 5. The number of hydrogen-bond acceptors (Lipinski definition) is 10. The van der Waals surface area contributed by atoms with Crippen LogP contribution in [-0.2, 0) is 23.8 Å². The van der Waals surface area contributed by atoms with Crippen molar-refractivity contribution in [3.63, 3.8) is 0 Å². The summed E-state index contributed by atoms with van der Waals surface area (Å²) in [5, 5.41) is 57.1. The molecule has 0 aromatic rings. The summed E-state index contributed by atoms with van der Waals surface area (Å²) in [6, 6.07) is -1.03. The number of ether oxygens (including phenoxy) is 3. The number of amides is 1. The number of carbonyl (C=O) groups excluding carboxylic acids is 2. The molecule has 0 bridgehead atoms. The highest BCUT2D eigenvalue weighted by Crippen LogP contribution is 2.26. The molecule has 1 fully saturated rings. The van der Waals surface area contributed by atoms with Gasteiger partial charge >= 0.3 is 5.97 Å². The lowest BCUT2D eigenvalue weighted by molar-refractivity contribution is -0.305. The molecule has 8 unspecified atom stereocenters. The van der Waals surface area contributed by atoms with Crippen LogP contribution in [0.2, 0.25) is 0 Å². The Labute approximate surface area is 502 Å². The molecule has 11 nitrogen and oxygen atoms in total. The largest absolute Gasteiger partial charge is 0.454 e. The van der Waals surface area contributed by atoms with Crippen LogP contribution in [0.4, 0.5) is 0 Å². The zero-order valence-corrected chi connectivity index (χ0v) is 52.6. The summed E-state index contributed by atoms with van der Waals surface area (Å²) in [5.41, 5.74) is 0. The van der Waals surface area contributed by atoms with Crippen LogP contribution in [0.25, 0.3) is 0 Å². The minimum Gasteiger partial charge on any atom is -0.454 e. The van der Waals surface area contributed by atoms with Gasteiger partial charge in [-0.2, -0.15) is 0 Å². The van der Waals surface area contributed by atoms with Gasteiger partial charge in [0.05, 0.1) is 25.4 Å². The van der Waals surface area contributed by atoms with Crippen LogP contribution in [0.1, 0.15) is 290 Å². The Morgan fingerprint density at radius 3 is 1.33 bits per heavy atom. The molecule has 6 N–H and O–H groups in total. The molecule has 0 aromatic heterocycles. The van der Waals surface area contributed by atoms with E-state index >= 15 is 0 Å². The van der Waals surface area contributed by atoms with Gasteiger partial charge in [-0.1, -0.05) is 273 Å². The van der Waals surface area contributed by atoms with Crippen molar-refractivity contribution in [2.24, 2.45) is 0 Å². The van der Waals surface area contributed by atoms with Crippen LogP contribution in [0.5, 0.6) is 0 Å². The molecule has 0 radical (unpaired) electrons. The van der Waals surface area contributed by atoms with Crippen molar-refractivity contribution in [3.05, 3.63) is 85.1 Å². The van der Waals surface area contributed by atoms with Gasteiger partial charge in [-0.15, -0.1) is 0 Å². The molecular weight excluding hydrogens is 1030 g/mol. The van der Waals surface area contributed by atoms with Gasteiger partial charge in [0.2, 0.25) is 5.91 Å². The Morgan fingerprint density at radius 1 is 0.488 bits per heavy atom. The van der Waals surface area contributed by atoms with Crippen molar-refractivity contribution in [1.82, 2.24) is 5.32 Å². The standard InChI is InChI=1S/C71H125NO10/c1-4-7-10-13-16-19-22-25-26-27-28-29-30-31-32-33-34-35-36-37-38-41-44-47-50-53-56-59-66(76)82-69-68(78)67(77)65(60-73)81-71(69)80-61-62(63(74)57-54-51-48-45-42-39-23-20-17-14-11-8-5-2)72-70(79)64(75)58-55-52-49-46-43-40-24-21-18-15-12-9-6-3/h7,10,16,19,25-26,28-29,31-32,43,46,54,57,62-65,67-69,71,73-75,77-78H,4-6,8-9,11-15,17-18,20-24,27,30,33-42,44-45,47-53,55-56,58-61H2,1-3H3,(H,72,79)/b10-7-,19-16-,26-25-,29-28-,32-31-,46-43-,57-54+. The summed E-state index contributed by atoms with van der Waals surface area (Å²) in [7, 11) is 0. The summed E-state index contributed by atoms with van der Waals surface area (Å²) in [6.07, 6.45) is 66.2. The Hall–Kier alpha value is -3.16. The maximum absolute atomic E-state index is 13.4. The zero-order valence-electron chi connectivity index (χ0n) is 52.6. The van der Waals surface area contributed by atoms with Crippen LogP contribution < -0.4 is 5.32 Å². The molecule has 474 valence electrons. The first-order chi connectivity index (χ1) is 40.2. The number of unbranched alkanes of at least 4 members (excludes halogenated alkanes) is 31. The maximum atomic E-state index is 13.4. The number of allylic oxidation sites excluding steroid dienone is 13. The molecule has 82 heavy (non-hydrogen) atoms. The van der Waals surface area contributed by atoms with E-state index in [-0.39, 0.29) is 19.4 Å². The molecule has 0 aromatic carbocycles. The second-order valence-electron chi connectivity index (χ2n) is 23.2. The third kappa shape index (κ3) is 45.2. The highest BCUT2D eigenvalue weighted by molar-refractivity contribution is 5.80. The predicted octanol–water partition coefficient (Wildman–Crippen LogP) is 16.9. The molecule has 0 aliphatic carbocycles. The Morgan fingerprint density at radius 2 is 0.878 bits per heavy atom. The predicted molar refractivity (Wildman–Crippen MR) is 342 cm³/mol. The second-order valence-corrected chi connectivity index (χ2v) is 23.2. The molecule has 1 aliphatic heterocycles. The van der Waals surface area contributed by atoms with Gasteiger partial charge in [0, 0.05) is 6.42 Å². The maximum Gasteiger partial charge on any atom is 0.306 e. The molecule has 0 saturated carbocycles. The SMILES string of the molecule is CC/C=C\C/C=C\C/C=C\C/C=C\C/C=C\CCCCCCCCCCCCCC(=O)OC1C(OCC(NC(=O)C(O)CCCC/C=C\CCCCCCCCC)C(O)/C=C/CCCCCCCCCCCCC)OC(CO)C(O)C1O. The second kappa shape index (κ2) is 58.2. The Kier molecular flexibility index (Phi) is 54.6. The number of aliphatic hydroxyl groups excluding tert-OH is 5. The van der Waals surface area contributed by atoms with E-state index < -0.39 is 67.4 Å². The normalized spacial score (nSPS) is 19.1. The molecule has 11 heteroatoms. The Balaban J connectivity index is 2.58. The third-order valence-electron chi connectivity index (χ3n) is 15.5. The van der Waals surface area contributed by atoms with E-state index in [9.17, 15) is 35.1 Å². The van der Waals surface area contributed by atoms with Crippen LogP contribution in [0, 0.1) is 0 Å². The lowest BCUT2D eigenvalue weighted by Crippen LogP contribution is -2.61. The van der Waals surface area contributed by atoms with E-state index in [1.165, 1.54) is 148 Å². The van der Waals surface area contributed by atoms with Gasteiger partial charge in [0.15, 0.2) is 12.4 Å². The van der Waals surface area contributed by atoms with E-state index in [0.717, 1.165) is 96.3 Å². The van der Waals surface area contributed by atoms with E-state index in [1.807, 2.05) is 6.08 Å². The van der Waals surface area contributed by atoms with Crippen LogP contribution >= 0.6 is 0 Å². The molecular formula is C71H125NO10. The summed E-state index contributed by atoms with van der Waals surface area (Å²) >= 11 is 0. The first-order valence-corrected chi connectivity index (χ1v) is 33.9. The van der Waals surface area contributed by atoms with Crippen molar-refractivity contribution in [3.8, 4) is 0 Å². The number of nitrogens with one attached hydrogen (secondary N) is 1. The van der Waals surface area contributed by atoms with Crippen LogP contribution in [0.15, 0.2) is 85.1 Å². The van der Waals surface area contributed by atoms with Gasteiger partial charge in [0.25, 0.3) is 0 Å². The van der Waals surface area contributed by atoms with Crippen LogP contribution in [-0.4, -0.2) is 99.6 Å². The van der Waals surface area contributed by atoms with Crippen molar-refractivity contribution in [2.45, 2.75) is 339 Å². The van der Waals surface area contributed by atoms with Gasteiger partial charge in [0.1, 0.15) is 24.4 Å². The first kappa shape index (κ1) is 76.9. The van der Waals surface area contributed by atoms with E-state index in [2.05, 4.69) is 99.0 Å². The third-order valence-corrected chi connectivity index (χ3v) is 15.5. The molecule has 1 aliphatic rings. The average molecular weight is 1150 g/mol. The average Bonchev–Trinajstić information content (AvgIpc) is 3.57. The van der Waals surface area contributed by atoms with Gasteiger partial charge in [-0.25, -0.2) is 0 Å². The quantitative estimate of drug-likeness (QED) is 0.0195. The van der Waals surface area contributed by atoms with Gasteiger partial charge in [-0.05, 0) is 96.3 Å². The van der Waals surface area contributed by atoms with E-state index in [4.69, 9.17) is 14.2 Å². The fraction of sp³-hybridized carbons (Fsp3) is 0.775. The van der Waals surface area contributed by atoms with Gasteiger partial charge in [-0.3, -0.25) is 9.59 Å². The molecule has 1 amide bonds. The molecule has 8 atom stereocenters. The minimum atomic E-state index is -1.62. The summed E-state index contributed by atoms with van der Waals surface area (Å²) in [6.45, 7) is 5.67. The lowest BCUT2D eigenvalue weighted by atomic mass is 9.99. The van der Waals surface area contributed by atoms with Crippen molar-refractivity contribution in [1.29, 1.82) is 0 Å². The number of hydrogen-bond donors (Lipinski definition) is 6. The highest BCUT2D eigenvalue weighted by Gasteiger charge is 2.47. The zero-order chi connectivity index (χ0) is 59.6. The minimum absolute atomic E-state index is 0.115. The number of rotatable bonds is 57. The lowest BCUT2D eigenvalue weighted by Gasteiger charge is -2.41. The monoisotopic (exact) mass is 1150 g/mol. The molecule has 1 saturated heterocycles. The topological polar surface area (TPSA) is 175 Å². The van der Waals surface area contributed by atoms with Crippen molar-refractivity contribution < 1.29 is 49.3 Å². The van der Waals surface area contributed by atoms with Gasteiger partial charge < -0.3 is 45.1 Å². The molecule has 1 heterocycles. The molecule has 0 spiro atoms. The first-order valence-electron chi connectivity index (χ1n) is 33.9. The fourth-order valence-electron chi connectivity index (χ4n) is 10.2. The van der Waals surface area contributed by atoms with E-state index in [1.54, 1.807) is 6.08 Å². The highest BCUT2D eigenvalue weighted by atomic mass is 16.7. The van der Waals surface area contributed by atoms with Crippen molar-refractivity contribution in [2.75, 3.05) is 13.2 Å². The summed E-state index contributed by atoms with van der Waals surface area (Å²) in [5.74, 6) is -1.21. The summed E-state index contributed by atoms with van der Waals surface area (Å²) in [4.78, 5) is 26.6. The number of esters is 1. The smallest absolute Gasteiger partial charge is 0.306 e. The Bertz CT molecular complexity index is 1660. The van der Waals surface area contributed by atoms with E-state index in [0.29, 0.717) is 12.8 Å². The molecule has 1 rings (SSSR count). The number of carbonyl (C=O) groups is 2.